The Balaban J connectivity index is 1.75. The van der Waals surface area contributed by atoms with E-state index in [9.17, 15) is 0 Å². The molecule has 2 bridgehead atoms. The first-order valence-electron chi connectivity index (χ1n) is 6.22. The van der Waals surface area contributed by atoms with E-state index in [2.05, 4.69) is 27.3 Å². The third kappa shape index (κ3) is 2.07. The third-order valence-electron chi connectivity index (χ3n) is 4.18. The highest BCUT2D eigenvalue weighted by molar-refractivity contribution is 9.10. The van der Waals surface area contributed by atoms with Crippen LogP contribution in [0.15, 0.2) is 22.7 Å². The van der Waals surface area contributed by atoms with Crippen molar-refractivity contribution in [3.05, 3.63) is 28.2 Å². The summed E-state index contributed by atoms with van der Waals surface area (Å²) in [6, 6.07) is 8.56. The molecule has 2 saturated carbocycles. The lowest BCUT2D eigenvalue weighted by atomic mass is 9.95. The molecular weight excluding hydrogens is 276 g/mol. The molecule has 3 heteroatoms. The smallest absolute Gasteiger partial charge is 0.0992 e. The zero-order valence-corrected chi connectivity index (χ0v) is 11.2. The Morgan fingerprint density at radius 2 is 2.18 bits per heavy atom. The van der Waals surface area contributed by atoms with Crippen molar-refractivity contribution in [1.82, 2.24) is 0 Å². The van der Waals surface area contributed by atoms with Crippen molar-refractivity contribution in [1.29, 1.82) is 5.26 Å². The molecule has 0 radical (unpaired) electrons. The SMILES string of the molecule is N#Cc1ccc(NC2CC3CCC2C3)c(Br)c1. The van der Waals surface area contributed by atoms with Gasteiger partial charge in [-0.05, 0) is 65.2 Å². The molecule has 0 saturated heterocycles. The van der Waals surface area contributed by atoms with Gasteiger partial charge in [-0.1, -0.05) is 6.42 Å². The first kappa shape index (κ1) is 11.1. The second-order valence-electron chi connectivity index (χ2n) is 5.23. The van der Waals surface area contributed by atoms with Crippen LogP contribution >= 0.6 is 15.9 Å². The largest absolute Gasteiger partial charge is 0.381 e. The highest BCUT2D eigenvalue weighted by Gasteiger charge is 2.39. The summed E-state index contributed by atoms with van der Waals surface area (Å²) >= 11 is 3.53. The number of halogens is 1. The highest BCUT2D eigenvalue weighted by atomic mass is 79.9. The van der Waals surface area contributed by atoms with Crippen LogP contribution < -0.4 is 5.32 Å². The minimum Gasteiger partial charge on any atom is -0.381 e. The molecule has 88 valence electrons. The van der Waals surface area contributed by atoms with Crippen LogP contribution in [0.4, 0.5) is 5.69 Å². The predicted molar refractivity (Wildman–Crippen MR) is 71.7 cm³/mol. The third-order valence-corrected chi connectivity index (χ3v) is 4.83. The number of nitrogens with one attached hydrogen (secondary N) is 1. The number of benzene rings is 1. The summed E-state index contributed by atoms with van der Waals surface area (Å²) in [6.45, 7) is 0. The van der Waals surface area contributed by atoms with Gasteiger partial charge in [-0.2, -0.15) is 5.26 Å². The average molecular weight is 291 g/mol. The van der Waals surface area contributed by atoms with Crippen molar-refractivity contribution in [2.24, 2.45) is 11.8 Å². The number of rotatable bonds is 2. The lowest BCUT2D eigenvalue weighted by Crippen LogP contribution is -2.25. The van der Waals surface area contributed by atoms with Crippen LogP contribution in [0, 0.1) is 23.2 Å². The summed E-state index contributed by atoms with van der Waals surface area (Å²) in [7, 11) is 0. The summed E-state index contributed by atoms with van der Waals surface area (Å²) < 4.78 is 0.999. The molecule has 3 atom stereocenters. The quantitative estimate of drug-likeness (QED) is 0.896. The van der Waals surface area contributed by atoms with E-state index in [0.29, 0.717) is 11.6 Å². The van der Waals surface area contributed by atoms with Gasteiger partial charge >= 0.3 is 0 Å². The van der Waals surface area contributed by atoms with Crippen LogP contribution in [0.3, 0.4) is 0 Å². The first-order chi connectivity index (χ1) is 8.26. The van der Waals surface area contributed by atoms with Gasteiger partial charge in [0.05, 0.1) is 11.6 Å². The number of hydrogen-bond acceptors (Lipinski definition) is 2. The van der Waals surface area contributed by atoms with Gasteiger partial charge in [0.15, 0.2) is 0 Å². The standard InChI is InChI=1S/C14H15BrN2/c15-12-6-10(8-16)2-4-13(12)17-14-7-9-1-3-11(14)5-9/h2,4,6,9,11,14,17H,1,3,5,7H2. The lowest BCUT2D eigenvalue weighted by Gasteiger charge is -2.24. The van der Waals surface area contributed by atoms with Crippen LogP contribution in [0.2, 0.25) is 0 Å². The van der Waals surface area contributed by atoms with Crippen molar-refractivity contribution >= 4 is 21.6 Å². The number of anilines is 1. The van der Waals surface area contributed by atoms with Crippen LogP contribution in [-0.4, -0.2) is 6.04 Å². The molecule has 2 aliphatic rings. The van der Waals surface area contributed by atoms with E-state index in [-0.39, 0.29) is 0 Å². The van der Waals surface area contributed by atoms with Crippen molar-refractivity contribution in [3.8, 4) is 6.07 Å². The molecule has 0 aromatic heterocycles. The minimum absolute atomic E-state index is 0.637. The maximum absolute atomic E-state index is 8.83. The summed E-state index contributed by atoms with van der Waals surface area (Å²) in [6.07, 6.45) is 5.54. The van der Waals surface area contributed by atoms with Gasteiger partial charge in [0.25, 0.3) is 0 Å². The fourth-order valence-electron chi connectivity index (χ4n) is 3.32. The van der Waals surface area contributed by atoms with Gasteiger partial charge < -0.3 is 5.32 Å². The first-order valence-corrected chi connectivity index (χ1v) is 7.02. The van der Waals surface area contributed by atoms with Gasteiger partial charge in [0.2, 0.25) is 0 Å². The Morgan fingerprint density at radius 1 is 1.29 bits per heavy atom. The average Bonchev–Trinajstić information content (AvgIpc) is 2.93. The molecule has 2 fully saturated rings. The molecule has 3 rings (SSSR count). The Morgan fingerprint density at radius 3 is 2.76 bits per heavy atom. The Bertz CT molecular complexity index is 478. The van der Waals surface area contributed by atoms with E-state index in [4.69, 9.17) is 5.26 Å². The van der Waals surface area contributed by atoms with Crippen LogP contribution in [0.25, 0.3) is 0 Å². The van der Waals surface area contributed by atoms with E-state index in [1.807, 2.05) is 18.2 Å². The maximum Gasteiger partial charge on any atom is 0.0992 e. The summed E-state index contributed by atoms with van der Waals surface area (Å²) in [5, 5.41) is 12.5. The summed E-state index contributed by atoms with van der Waals surface area (Å²) in [5.41, 5.74) is 1.83. The molecule has 1 N–H and O–H groups in total. The topological polar surface area (TPSA) is 35.8 Å². The van der Waals surface area contributed by atoms with Crippen molar-refractivity contribution < 1.29 is 0 Å². The maximum atomic E-state index is 8.83. The molecule has 17 heavy (non-hydrogen) atoms. The van der Waals surface area contributed by atoms with Gasteiger partial charge in [0, 0.05) is 16.2 Å². The van der Waals surface area contributed by atoms with Crippen molar-refractivity contribution in [2.45, 2.75) is 31.7 Å². The van der Waals surface area contributed by atoms with E-state index in [0.717, 1.165) is 22.0 Å². The monoisotopic (exact) mass is 290 g/mol. The Labute approximate surface area is 110 Å². The zero-order chi connectivity index (χ0) is 11.8. The minimum atomic E-state index is 0.637. The second-order valence-corrected chi connectivity index (χ2v) is 6.09. The van der Waals surface area contributed by atoms with Crippen LogP contribution in [0.1, 0.15) is 31.2 Å². The molecule has 0 heterocycles. The predicted octanol–water partition coefficient (Wildman–Crippen LogP) is 3.92. The van der Waals surface area contributed by atoms with E-state index < -0.39 is 0 Å². The van der Waals surface area contributed by atoms with Gasteiger partial charge in [-0.3, -0.25) is 0 Å². The molecule has 1 aromatic carbocycles. The Kier molecular flexibility index (Phi) is 2.84. The molecule has 3 unspecified atom stereocenters. The van der Waals surface area contributed by atoms with E-state index in [1.54, 1.807) is 0 Å². The summed E-state index contributed by atoms with van der Waals surface area (Å²) in [5.74, 6) is 1.82. The lowest BCUT2D eigenvalue weighted by molar-refractivity contribution is 0.439. The van der Waals surface area contributed by atoms with Gasteiger partial charge in [-0.15, -0.1) is 0 Å². The normalized spacial score (nSPS) is 30.2. The van der Waals surface area contributed by atoms with E-state index in [1.165, 1.54) is 25.7 Å². The molecule has 2 aliphatic carbocycles. The van der Waals surface area contributed by atoms with Gasteiger partial charge in [-0.25, -0.2) is 0 Å². The molecule has 2 nitrogen and oxygen atoms in total. The number of nitrogens with zero attached hydrogens (tertiary/aromatic N) is 1. The fourth-order valence-corrected chi connectivity index (χ4v) is 3.82. The molecule has 0 aliphatic heterocycles. The number of hydrogen-bond donors (Lipinski definition) is 1. The highest BCUT2D eigenvalue weighted by Crippen LogP contribution is 2.45. The van der Waals surface area contributed by atoms with Crippen molar-refractivity contribution in [2.75, 3.05) is 5.32 Å². The van der Waals surface area contributed by atoms with Crippen molar-refractivity contribution in [3.63, 3.8) is 0 Å². The molecular formula is C14H15BrN2. The van der Waals surface area contributed by atoms with Gasteiger partial charge in [0.1, 0.15) is 0 Å². The van der Waals surface area contributed by atoms with Crippen LogP contribution in [-0.2, 0) is 0 Å². The molecule has 0 amide bonds. The molecule has 1 aromatic rings. The number of nitriles is 1. The molecule has 0 spiro atoms. The fraction of sp³-hybridized carbons (Fsp3) is 0.500. The summed E-state index contributed by atoms with van der Waals surface area (Å²) in [4.78, 5) is 0. The number of fused-ring (bicyclic) bond motifs is 2. The second kappa shape index (κ2) is 4.34. The zero-order valence-electron chi connectivity index (χ0n) is 9.62. The Hall–Kier alpha value is -1.01. The van der Waals surface area contributed by atoms with E-state index >= 15 is 0 Å². The van der Waals surface area contributed by atoms with Crippen LogP contribution in [0.5, 0.6) is 0 Å².